The normalized spacial score (nSPS) is 18.8. The number of hydrazine groups is 1. The number of halogens is 8. The topological polar surface area (TPSA) is 107 Å². The second-order valence-electron chi connectivity index (χ2n) is 6.43. The van der Waals surface area contributed by atoms with Crippen LogP contribution in [0.5, 0.6) is 5.75 Å². The SMILES string of the molecule is CN(CCO)/[N+]([O-])=N/OCOC(=O)C1=Cc2cc(S(F)(F)(F)(F)F)ccc2O[C@@H]1C(F)(F)F. The molecule has 33 heavy (non-hydrogen) atoms. The number of hydrogen-bond donors (Lipinski definition) is 1. The van der Waals surface area contributed by atoms with Crippen LogP contribution in [-0.2, 0) is 14.4 Å². The van der Waals surface area contributed by atoms with Gasteiger partial charge in [-0.2, -0.15) is 13.2 Å². The summed E-state index contributed by atoms with van der Waals surface area (Å²) >= 11 is 0. The zero-order valence-corrected chi connectivity index (χ0v) is 17.1. The number of aliphatic hydroxyl groups is 1. The maximum Gasteiger partial charge on any atom is 0.430 e. The molecule has 1 atom stereocenters. The van der Waals surface area contributed by atoms with Gasteiger partial charge in [-0.15, -0.1) is 5.01 Å². The molecule has 18 heteroatoms. The summed E-state index contributed by atoms with van der Waals surface area (Å²) in [4.78, 5) is 13.8. The van der Waals surface area contributed by atoms with Gasteiger partial charge in [0, 0.05) is 5.56 Å². The van der Waals surface area contributed by atoms with Crippen molar-refractivity contribution in [2.24, 2.45) is 5.28 Å². The first kappa shape index (κ1) is 26.2. The molecule has 9 nitrogen and oxygen atoms in total. The van der Waals surface area contributed by atoms with E-state index in [1.54, 1.807) is 0 Å². The maximum absolute atomic E-state index is 13.3. The fourth-order valence-corrected chi connectivity index (χ4v) is 3.03. The molecular formula is C15H15F8N3O6S. The van der Waals surface area contributed by atoms with Gasteiger partial charge < -0.3 is 24.6 Å². The van der Waals surface area contributed by atoms with Gasteiger partial charge in [0.15, 0.2) is 0 Å². The van der Waals surface area contributed by atoms with Crippen LogP contribution in [0.15, 0.2) is 33.9 Å². The Morgan fingerprint density at radius 2 is 1.94 bits per heavy atom. The molecule has 0 aliphatic carbocycles. The number of carbonyl (C=O) groups excluding carboxylic acids is 1. The van der Waals surface area contributed by atoms with E-state index in [4.69, 9.17) is 5.11 Å². The molecule has 1 N–H and O–H groups in total. The molecular weight excluding hydrogens is 502 g/mol. The van der Waals surface area contributed by atoms with Crippen LogP contribution in [0.25, 0.3) is 6.08 Å². The minimum absolute atomic E-state index is 0.136. The Hall–Kier alpha value is -3.02. The van der Waals surface area contributed by atoms with Gasteiger partial charge in [-0.25, -0.2) is 4.79 Å². The molecule has 2 rings (SSSR count). The summed E-state index contributed by atoms with van der Waals surface area (Å²) in [5.74, 6) is -2.63. The molecule has 0 amide bonds. The van der Waals surface area contributed by atoms with Crippen molar-refractivity contribution in [2.45, 2.75) is 17.2 Å². The third-order valence-corrected chi connectivity index (χ3v) is 5.03. The number of ether oxygens (including phenoxy) is 2. The first-order chi connectivity index (χ1) is 14.8. The van der Waals surface area contributed by atoms with Crippen molar-refractivity contribution < 1.29 is 61.8 Å². The molecule has 1 aromatic carbocycles. The number of aliphatic hydroxyl groups excluding tert-OH is 1. The molecule has 1 aromatic rings. The van der Waals surface area contributed by atoms with Gasteiger partial charge in [0.05, 0.1) is 30.7 Å². The Morgan fingerprint density at radius 1 is 1.30 bits per heavy atom. The van der Waals surface area contributed by atoms with E-state index in [-0.39, 0.29) is 35.8 Å². The van der Waals surface area contributed by atoms with Crippen LogP contribution in [-0.4, -0.2) is 60.3 Å². The molecule has 1 aliphatic heterocycles. The highest BCUT2D eigenvalue weighted by Gasteiger charge is 2.65. The molecule has 0 saturated heterocycles. The van der Waals surface area contributed by atoms with E-state index < -0.39 is 63.7 Å². The monoisotopic (exact) mass is 517 g/mol. The molecule has 0 fully saturated rings. The largest absolute Gasteiger partial charge is 0.569 e. The standard InChI is InChI=1S/C15H15F8N3O6S/c1-25(4-5-27)26(29)24-31-8-30-14(28)11-7-9-6-10(33(19,20,21,22)23)2-3-12(9)32-13(11)15(16,17)18/h2-3,6-7,13,27H,4-5,8H2,1H3/b26-24-/t13-/m0/s1. The molecule has 0 aromatic heterocycles. The first-order valence-electron chi connectivity index (χ1n) is 8.46. The van der Waals surface area contributed by atoms with Crippen LogP contribution in [0.4, 0.5) is 32.6 Å². The van der Waals surface area contributed by atoms with E-state index in [1.165, 1.54) is 7.05 Å². The molecule has 1 heterocycles. The lowest BCUT2D eigenvalue weighted by molar-refractivity contribution is -0.706. The zero-order valence-electron chi connectivity index (χ0n) is 16.3. The van der Waals surface area contributed by atoms with Crippen molar-refractivity contribution in [1.29, 1.82) is 0 Å². The van der Waals surface area contributed by atoms with E-state index in [2.05, 4.69) is 19.6 Å². The Labute approximate surface area is 179 Å². The van der Waals surface area contributed by atoms with E-state index in [9.17, 15) is 42.6 Å². The lowest BCUT2D eigenvalue weighted by Gasteiger charge is -2.41. The third-order valence-electron chi connectivity index (χ3n) is 3.88. The molecule has 0 saturated carbocycles. The minimum atomic E-state index is -10.2. The number of alkyl halides is 3. The quantitative estimate of drug-likeness (QED) is 0.104. The number of fused-ring (bicyclic) bond motifs is 1. The summed E-state index contributed by atoms with van der Waals surface area (Å²) in [5.41, 5.74) is -2.25. The number of likely N-dealkylation sites (N-methyl/N-ethyl adjacent to an activating group) is 1. The number of hydrogen-bond acceptors (Lipinski definition) is 7. The summed E-state index contributed by atoms with van der Waals surface area (Å²) in [6, 6.07) is -0.0225. The molecule has 1 aliphatic rings. The van der Waals surface area contributed by atoms with E-state index >= 15 is 0 Å². The Bertz CT molecular complexity index is 983. The van der Waals surface area contributed by atoms with Crippen LogP contribution in [0.3, 0.4) is 0 Å². The Kier molecular flexibility index (Phi) is 6.43. The highest BCUT2D eigenvalue weighted by molar-refractivity contribution is 8.45. The summed E-state index contributed by atoms with van der Waals surface area (Å²) in [7, 11) is -9.00. The predicted octanol–water partition coefficient (Wildman–Crippen LogP) is 4.28. The lowest BCUT2D eigenvalue weighted by atomic mass is 10.0. The summed E-state index contributed by atoms with van der Waals surface area (Å²) in [6.45, 7) is -1.81. The second kappa shape index (κ2) is 8.08. The average molecular weight is 517 g/mol. The van der Waals surface area contributed by atoms with Gasteiger partial charge in [0.25, 0.3) is 6.79 Å². The number of esters is 1. The Balaban J connectivity index is 2.29. The van der Waals surface area contributed by atoms with Gasteiger partial charge in [-0.3, -0.25) is 0 Å². The number of rotatable bonds is 8. The van der Waals surface area contributed by atoms with Crippen LogP contribution < -0.4 is 4.74 Å². The highest BCUT2D eigenvalue weighted by atomic mass is 32.5. The zero-order chi connectivity index (χ0) is 25.3. The number of carbonyl (C=O) groups is 1. The second-order valence-corrected chi connectivity index (χ2v) is 8.84. The first-order valence-corrected chi connectivity index (χ1v) is 10.4. The molecule has 188 valence electrons. The van der Waals surface area contributed by atoms with Gasteiger partial charge in [0.1, 0.15) is 10.6 Å². The fraction of sp³-hybridized carbons (Fsp3) is 0.400. The number of nitrogens with zero attached hydrogens (tertiary/aromatic N) is 3. The van der Waals surface area contributed by atoms with Gasteiger partial charge in [-0.1, -0.05) is 19.4 Å². The van der Waals surface area contributed by atoms with Crippen molar-refractivity contribution in [3.05, 3.63) is 34.5 Å². The van der Waals surface area contributed by atoms with E-state index in [1.807, 2.05) is 0 Å². The molecule has 0 unspecified atom stereocenters. The maximum atomic E-state index is 13.3. The van der Waals surface area contributed by atoms with Crippen molar-refractivity contribution in [3.8, 4) is 5.75 Å². The van der Waals surface area contributed by atoms with E-state index in [0.717, 1.165) is 5.01 Å². The summed E-state index contributed by atoms with van der Waals surface area (Å²) in [6.07, 6.45) is -7.98. The fourth-order valence-electron chi connectivity index (χ4n) is 2.36. The van der Waals surface area contributed by atoms with Crippen molar-refractivity contribution >= 4 is 22.3 Å². The van der Waals surface area contributed by atoms with Crippen molar-refractivity contribution in [1.82, 2.24) is 5.01 Å². The molecule has 0 bridgehead atoms. The highest BCUT2D eigenvalue weighted by Crippen LogP contribution is 3.02. The Morgan fingerprint density at radius 3 is 2.48 bits per heavy atom. The van der Waals surface area contributed by atoms with Crippen LogP contribution in [0.1, 0.15) is 5.56 Å². The third kappa shape index (κ3) is 6.73. The predicted molar refractivity (Wildman–Crippen MR) is 94.1 cm³/mol. The number of benzene rings is 1. The van der Waals surface area contributed by atoms with Crippen molar-refractivity contribution in [2.75, 3.05) is 27.0 Å². The molecule has 0 spiro atoms. The van der Waals surface area contributed by atoms with E-state index in [0.29, 0.717) is 0 Å². The van der Waals surface area contributed by atoms with Gasteiger partial charge in [0.2, 0.25) is 11.4 Å². The average Bonchev–Trinajstić information content (AvgIpc) is 2.67. The van der Waals surface area contributed by atoms with Gasteiger partial charge in [-0.05, 0) is 24.3 Å². The van der Waals surface area contributed by atoms with Crippen LogP contribution in [0.2, 0.25) is 0 Å². The van der Waals surface area contributed by atoms with Gasteiger partial charge >= 0.3 is 22.4 Å². The van der Waals surface area contributed by atoms with Crippen LogP contribution >= 0.6 is 10.2 Å². The van der Waals surface area contributed by atoms with Crippen molar-refractivity contribution in [3.63, 3.8) is 0 Å². The lowest BCUT2D eigenvalue weighted by Crippen LogP contribution is -2.41. The summed E-state index contributed by atoms with van der Waals surface area (Å²) < 4.78 is 114. The summed E-state index contributed by atoms with van der Waals surface area (Å²) in [5, 5.41) is 23.6. The smallest absolute Gasteiger partial charge is 0.430 e. The minimum Gasteiger partial charge on any atom is -0.569 e. The molecule has 0 radical (unpaired) electrons. The van der Waals surface area contributed by atoms with Crippen LogP contribution in [0, 0.1) is 5.21 Å².